The number of nitro groups is 1. The number of carbonyl (C=O) groups is 1. The molecule has 2 rings (SSSR count). The number of carbonyl (C=O) groups excluding carboxylic acids is 1. The number of rotatable bonds is 2. The topological polar surface area (TPSA) is 90.9 Å². The molecular formula is C11H10N4O3. The SMILES string of the molecule is Cc1nn(C(=O)c2cccc([N+](=O)[O-])c2)nc1C. The minimum atomic E-state index is -0.552. The molecule has 0 aliphatic carbocycles. The summed E-state index contributed by atoms with van der Waals surface area (Å²) in [5, 5.41) is 18.5. The highest BCUT2D eigenvalue weighted by Gasteiger charge is 2.15. The second kappa shape index (κ2) is 4.36. The van der Waals surface area contributed by atoms with E-state index in [4.69, 9.17) is 0 Å². The first-order valence-electron chi connectivity index (χ1n) is 5.19. The van der Waals surface area contributed by atoms with Crippen LogP contribution in [0.5, 0.6) is 0 Å². The van der Waals surface area contributed by atoms with Crippen LogP contribution in [-0.4, -0.2) is 25.8 Å². The van der Waals surface area contributed by atoms with Crippen LogP contribution < -0.4 is 0 Å². The highest BCUT2D eigenvalue weighted by molar-refractivity contribution is 5.95. The van der Waals surface area contributed by atoms with Gasteiger partial charge in [0.25, 0.3) is 11.6 Å². The molecule has 0 atom stereocenters. The molecule has 0 bridgehead atoms. The van der Waals surface area contributed by atoms with Gasteiger partial charge in [0.15, 0.2) is 0 Å². The molecule has 1 aromatic heterocycles. The average molecular weight is 246 g/mol. The molecule has 0 fully saturated rings. The van der Waals surface area contributed by atoms with Gasteiger partial charge in [-0.15, -0.1) is 4.80 Å². The lowest BCUT2D eigenvalue weighted by Crippen LogP contribution is -2.15. The van der Waals surface area contributed by atoms with Gasteiger partial charge in [0.1, 0.15) is 0 Å². The van der Waals surface area contributed by atoms with Gasteiger partial charge in [0, 0.05) is 12.1 Å². The van der Waals surface area contributed by atoms with E-state index in [-0.39, 0.29) is 11.3 Å². The van der Waals surface area contributed by atoms with Crippen molar-refractivity contribution in [2.75, 3.05) is 0 Å². The molecule has 2 aromatic rings. The molecule has 0 saturated carbocycles. The van der Waals surface area contributed by atoms with E-state index in [1.165, 1.54) is 24.3 Å². The molecule has 7 nitrogen and oxygen atoms in total. The lowest BCUT2D eigenvalue weighted by molar-refractivity contribution is -0.384. The Kier molecular flexibility index (Phi) is 2.88. The molecular weight excluding hydrogens is 236 g/mol. The zero-order chi connectivity index (χ0) is 13.3. The number of hydrogen-bond acceptors (Lipinski definition) is 5. The van der Waals surface area contributed by atoms with Gasteiger partial charge < -0.3 is 0 Å². The Morgan fingerprint density at radius 3 is 2.44 bits per heavy atom. The molecule has 92 valence electrons. The molecule has 7 heteroatoms. The minimum absolute atomic E-state index is 0.138. The van der Waals surface area contributed by atoms with Gasteiger partial charge in [-0.3, -0.25) is 14.9 Å². The van der Waals surface area contributed by atoms with Crippen molar-refractivity contribution in [3.63, 3.8) is 0 Å². The zero-order valence-corrected chi connectivity index (χ0v) is 9.82. The molecule has 1 aromatic carbocycles. The molecule has 0 unspecified atom stereocenters. The van der Waals surface area contributed by atoms with E-state index >= 15 is 0 Å². The average Bonchev–Trinajstić information content (AvgIpc) is 2.69. The van der Waals surface area contributed by atoms with Crippen LogP contribution in [0.1, 0.15) is 21.7 Å². The molecule has 18 heavy (non-hydrogen) atoms. The Morgan fingerprint density at radius 1 is 1.28 bits per heavy atom. The summed E-state index contributed by atoms with van der Waals surface area (Å²) < 4.78 is 0. The van der Waals surface area contributed by atoms with Crippen LogP contribution in [0.4, 0.5) is 5.69 Å². The molecule has 0 amide bonds. The van der Waals surface area contributed by atoms with Crippen LogP contribution in [0.2, 0.25) is 0 Å². The summed E-state index contributed by atoms with van der Waals surface area (Å²) in [4.78, 5) is 23.0. The first kappa shape index (κ1) is 11.9. The Labute approximate surface area is 102 Å². The molecule has 0 aliphatic rings. The van der Waals surface area contributed by atoms with Crippen LogP contribution in [-0.2, 0) is 0 Å². The second-order valence-corrected chi connectivity index (χ2v) is 3.77. The number of hydrogen-bond donors (Lipinski definition) is 0. The van der Waals surface area contributed by atoms with E-state index in [9.17, 15) is 14.9 Å². The third kappa shape index (κ3) is 2.10. The summed E-state index contributed by atoms with van der Waals surface area (Å²) in [5.74, 6) is -0.491. The van der Waals surface area contributed by atoms with Crippen molar-refractivity contribution in [3.05, 3.63) is 51.3 Å². The summed E-state index contributed by atoms with van der Waals surface area (Å²) in [6, 6.07) is 5.47. The third-order valence-corrected chi connectivity index (χ3v) is 2.50. The fourth-order valence-electron chi connectivity index (χ4n) is 1.41. The Hall–Kier alpha value is -2.57. The quantitative estimate of drug-likeness (QED) is 0.591. The van der Waals surface area contributed by atoms with Crippen molar-refractivity contribution < 1.29 is 9.72 Å². The van der Waals surface area contributed by atoms with Crippen molar-refractivity contribution in [2.45, 2.75) is 13.8 Å². The fourth-order valence-corrected chi connectivity index (χ4v) is 1.41. The standard InChI is InChI=1S/C11H10N4O3/c1-7-8(2)13-14(12-7)11(16)9-4-3-5-10(6-9)15(17)18/h3-6H,1-2H3. The van der Waals surface area contributed by atoms with Crippen LogP contribution >= 0.6 is 0 Å². The van der Waals surface area contributed by atoms with E-state index in [2.05, 4.69) is 10.2 Å². The Morgan fingerprint density at radius 2 is 1.89 bits per heavy atom. The highest BCUT2D eigenvalue weighted by atomic mass is 16.6. The van der Waals surface area contributed by atoms with Crippen molar-refractivity contribution in [2.24, 2.45) is 0 Å². The second-order valence-electron chi connectivity index (χ2n) is 3.77. The van der Waals surface area contributed by atoms with Crippen LogP contribution in [0.3, 0.4) is 0 Å². The fraction of sp³-hybridized carbons (Fsp3) is 0.182. The molecule has 0 saturated heterocycles. The lowest BCUT2D eigenvalue weighted by Gasteiger charge is -1.98. The molecule has 1 heterocycles. The van der Waals surface area contributed by atoms with Gasteiger partial charge in [-0.2, -0.15) is 10.2 Å². The largest absolute Gasteiger partial charge is 0.295 e. The van der Waals surface area contributed by atoms with Crippen LogP contribution in [0.15, 0.2) is 24.3 Å². The van der Waals surface area contributed by atoms with E-state index in [1.807, 2.05) is 0 Å². The van der Waals surface area contributed by atoms with Gasteiger partial charge in [0.2, 0.25) is 0 Å². The Bertz CT molecular complexity index is 613. The first-order chi connectivity index (χ1) is 8.49. The summed E-state index contributed by atoms with van der Waals surface area (Å²) >= 11 is 0. The summed E-state index contributed by atoms with van der Waals surface area (Å²) in [7, 11) is 0. The van der Waals surface area contributed by atoms with Crippen LogP contribution in [0.25, 0.3) is 0 Å². The predicted octanol–water partition coefficient (Wildman–Crippen LogP) is 1.49. The third-order valence-electron chi connectivity index (χ3n) is 2.50. The maximum absolute atomic E-state index is 12.0. The van der Waals surface area contributed by atoms with Gasteiger partial charge in [-0.25, -0.2) is 0 Å². The highest BCUT2D eigenvalue weighted by Crippen LogP contribution is 2.14. The summed E-state index contributed by atoms with van der Waals surface area (Å²) in [6.07, 6.45) is 0. The molecule has 0 aliphatic heterocycles. The number of nitro benzene ring substituents is 1. The van der Waals surface area contributed by atoms with E-state index in [1.54, 1.807) is 13.8 Å². The van der Waals surface area contributed by atoms with Crippen molar-refractivity contribution >= 4 is 11.6 Å². The maximum atomic E-state index is 12.0. The number of nitrogens with zero attached hydrogens (tertiary/aromatic N) is 4. The molecule has 0 N–H and O–H groups in total. The van der Waals surface area contributed by atoms with Crippen molar-refractivity contribution in [3.8, 4) is 0 Å². The number of aromatic nitrogens is 3. The number of aryl methyl sites for hydroxylation is 2. The van der Waals surface area contributed by atoms with Crippen molar-refractivity contribution in [1.29, 1.82) is 0 Å². The normalized spacial score (nSPS) is 10.3. The smallest absolute Gasteiger partial charge is 0.265 e. The Balaban J connectivity index is 2.39. The summed E-state index contributed by atoms with van der Waals surface area (Å²) in [6.45, 7) is 3.47. The lowest BCUT2D eigenvalue weighted by atomic mass is 10.2. The van der Waals surface area contributed by atoms with Crippen molar-refractivity contribution in [1.82, 2.24) is 15.0 Å². The zero-order valence-electron chi connectivity index (χ0n) is 9.82. The van der Waals surface area contributed by atoms with Gasteiger partial charge in [-0.1, -0.05) is 6.07 Å². The van der Waals surface area contributed by atoms with Gasteiger partial charge in [0.05, 0.1) is 21.9 Å². The maximum Gasteiger partial charge on any atom is 0.295 e. The first-order valence-corrected chi connectivity index (χ1v) is 5.19. The summed E-state index contributed by atoms with van der Waals surface area (Å²) in [5.41, 5.74) is 1.34. The predicted molar refractivity (Wildman–Crippen MR) is 62.3 cm³/mol. The van der Waals surface area contributed by atoms with Gasteiger partial charge in [-0.05, 0) is 19.9 Å². The molecule has 0 radical (unpaired) electrons. The monoisotopic (exact) mass is 246 g/mol. The number of non-ortho nitro benzene ring substituents is 1. The van der Waals surface area contributed by atoms with Gasteiger partial charge >= 0.3 is 0 Å². The van der Waals surface area contributed by atoms with E-state index in [0.717, 1.165) is 4.80 Å². The molecule has 0 spiro atoms. The number of benzene rings is 1. The minimum Gasteiger partial charge on any atom is -0.265 e. The van der Waals surface area contributed by atoms with E-state index < -0.39 is 10.8 Å². The van der Waals surface area contributed by atoms with Crippen LogP contribution in [0, 0.1) is 24.0 Å². The van der Waals surface area contributed by atoms with E-state index in [0.29, 0.717) is 11.4 Å².